The number of carbonyl (C=O) groups is 1. The molecule has 1 fully saturated rings. The number of imidazole rings is 1. The van der Waals surface area contributed by atoms with E-state index >= 15 is 0 Å². The number of sulfone groups is 1. The first-order chi connectivity index (χ1) is 16.2. The maximum absolute atomic E-state index is 12.5. The highest BCUT2D eigenvalue weighted by atomic mass is 32.2. The number of nitrogens with zero attached hydrogens (tertiary/aromatic N) is 5. The molecule has 5 rings (SSSR count). The number of methoxy groups -OCH3 is 1. The number of carbonyl (C=O) groups excluding carboxylic acids is 1. The number of anilines is 1. The largest absolute Gasteiger partial charge is 0.452 e. The Kier molecular flexibility index (Phi) is 5.66. The van der Waals surface area contributed by atoms with Crippen molar-refractivity contribution >= 4 is 32.7 Å². The summed E-state index contributed by atoms with van der Waals surface area (Å²) < 4.78 is 33.8. The average molecular weight is 486 g/mol. The number of hydrogen-bond acceptors (Lipinski definition) is 6. The maximum Gasteiger partial charge on any atom is 0.414 e. The van der Waals surface area contributed by atoms with Gasteiger partial charge < -0.3 is 9.30 Å². The molecule has 0 bridgehead atoms. The Balaban J connectivity index is 1.65. The van der Waals surface area contributed by atoms with Gasteiger partial charge in [-0.3, -0.25) is 9.58 Å². The highest BCUT2D eigenvalue weighted by molar-refractivity contribution is 7.91. The second kappa shape index (κ2) is 8.41. The third-order valence-electron chi connectivity index (χ3n) is 7.09. The van der Waals surface area contributed by atoms with E-state index in [-0.39, 0.29) is 35.6 Å². The molecule has 0 radical (unpaired) electrons. The molecule has 2 aliphatic heterocycles. The summed E-state index contributed by atoms with van der Waals surface area (Å²) in [5, 5.41) is 4.43. The molecule has 4 heterocycles. The predicted octanol–water partition coefficient (Wildman–Crippen LogP) is 3.61. The van der Waals surface area contributed by atoms with Crippen molar-refractivity contribution in [3.05, 3.63) is 41.5 Å². The lowest BCUT2D eigenvalue weighted by Gasteiger charge is -2.34. The smallest absolute Gasteiger partial charge is 0.414 e. The Morgan fingerprint density at radius 2 is 2.09 bits per heavy atom. The molecular weight excluding hydrogens is 454 g/mol. The minimum Gasteiger partial charge on any atom is -0.452 e. The minimum absolute atomic E-state index is 0.0184. The van der Waals surface area contributed by atoms with Crippen molar-refractivity contribution in [2.45, 2.75) is 64.6 Å². The molecule has 3 atom stereocenters. The quantitative estimate of drug-likeness (QED) is 0.560. The fourth-order valence-corrected chi connectivity index (χ4v) is 7.13. The molecule has 2 aliphatic rings. The lowest BCUT2D eigenvalue weighted by atomic mass is 9.95. The van der Waals surface area contributed by atoms with Gasteiger partial charge in [0.15, 0.2) is 9.84 Å². The van der Waals surface area contributed by atoms with Crippen LogP contribution < -0.4 is 4.90 Å². The van der Waals surface area contributed by atoms with E-state index in [1.807, 2.05) is 43.1 Å². The predicted molar refractivity (Wildman–Crippen MR) is 130 cm³/mol. The molecule has 9 nitrogen and oxygen atoms in total. The first kappa shape index (κ1) is 22.9. The van der Waals surface area contributed by atoms with Crippen LogP contribution in [0.3, 0.4) is 0 Å². The van der Waals surface area contributed by atoms with Crippen LogP contribution in [0, 0.1) is 6.92 Å². The van der Waals surface area contributed by atoms with Crippen LogP contribution in [0.5, 0.6) is 0 Å². The zero-order chi connectivity index (χ0) is 24.2. The van der Waals surface area contributed by atoms with Gasteiger partial charge in [0.25, 0.3) is 0 Å². The number of aromatic nitrogens is 4. The Labute approximate surface area is 199 Å². The number of hydrogen-bond donors (Lipinski definition) is 0. The summed E-state index contributed by atoms with van der Waals surface area (Å²) in [5.41, 5.74) is 4.71. The van der Waals surface area contributed by atoms with Gasteiger partial charge in [0.1, 0.15) is 5.82 Å². The second-order valence-corrected chi connectivity index (χ2v) is 11.9. The summed E-state index contributed by atoms with van der Waals surface area (Å²) in [6, 6.07) is 3.82. The molecule has 0 unspecified atom stereocenters. The van der Waals surface area contributed by atoms with Crippen LogP contribution in [-0.2, 0) is 27.5 Å². The molecular formula is C24H31N5O4S. The normalized spacial score (nSPS) is 22.6. The molecule has 34 heavy (non-hydrogen) atoms. The van der Waals surface area contributed by atoms with Gasteiger partial charge in [-0.15, -0.1) is 0 Å². The lowest BCUT2D eigenvalue weighted by Crippen LogP contribution is -2.42. The van der Waals surface area contributed by atoms with Gasteiger partial charge in [-0.1, -0.05) is 6.92 Å². The first-order valence-corrected chi connectivity index (χ1v) is 13.6. The first-order valence-electron chi connectivity index (χ1n) is 11.8. The van der Waals surface area contributed by atoms with Crippen LogP contribution in [0.1, 0.15) is 55.6 Å². The van der Waals surface area contributed by atoms with E-state index in [2.05, 4.69) is 16.6 Å². The summed E-state index contributed by atoms with van der Waals surface area (Å²) in [5.74, 6) is 1.20. The van der Waals surface area contributed by atoms with E-state index in [0.717, 1.165) is 46.5 Å². The summed E-state index contributed by atoms with van der Waals surface area (Å²) in [7, 11) is -1.68. The molecule has 10 heteroatoms. The maximum atomic E-state index is 12.5. The number of aryl methyl sites for hydroxylation is 2. The molecule has 0 aliphatic carbocycles. The molecule has 182 valence electrons. The van der Waals surface area contributed by atoms with Gasteiger partial charge in [-0.2, -0.15) is 5.10 Å². The number of ether oxygens (including phenoxy) is 1. The summed E-state index contributed by atoms with van der Waals surface area (Å²) in [4.78, 5) is 19.4. The van der Waals surface area contributed by atoms with Crippen molar-refractivity contribution < 1.29 is 17.9 Å². The standard InChI is InChI=1S/C24H31N5O4S/c1-15-11-25-27(12-15)13-16(2)23-26-22-19-6-5-17(3)28(24(30)33-4)20(19)7-8-21(22)29(23)18-9-10-34(31,32)14-18/h7-8,11-12,16-18H,5-6,9-10,13-14H2,1-4H3/t16-,17-,18-/m0/s1. The van der Waals surface area contributed by atoms with Crippen LogP contribution in [0.4, 0.5) is 10.5 Å². The van der Waals surface area contributed by atoms with Gasteiger partial charge in [0.2, 0.25) is 0 Å². The molecule has 0 spiro atoms. The van der Waals surface area contributed by atoms with E-state index in [9.17, 15) is 13.2 Å². The van der Waals surface area contributed by atoms with Crippen molar-refractivity contribution in [3.8, 4) is 0 Å². The molecule has 1 amide bonds. The third kappa shape index (κ3) is 3.87. The van der Waals surface area contributed by atoms with Crippen LogP contribution in [0.2, 0.25) is 0 Å². The summed E-state index contributed by atoms with van der Waals surface area (Å²) in [6.45, 7) is 6.77. The van der Waals surface area contributed by atoms with Crippen molar-refractivity contribution in [2.75, 3.05) is 23.5 Å². The summed E-state index contributed by atoms with van der Waals surface area (Å²) in [6.07, 6.45) is 5.64. The Morgan fingerprint density at radius 1 is 1.29 bits per heavy atom. The zero-order valence-corrected chi connectivity index (χ0v) is 20.9. The van der Waals surface area contributed by atoms with Gasteiger partial charge in [0, 0.05) is 23.7 Å². The topological polar surface area (TPSA) is 99.3 Å². The molecule has 0 N–H and O–H groups in total. The van der Waals surface area contributed by atoms with Crippen LogP contribution >= 0.6 is 0 Å². The number of rotatable bonds is 4. The Hall–Kier alpha value is -2.88. The lowest BCUT2D eigenvalue weighted by molar-refractivity contribution is 0.175. The van der Waals surface area contributed by atoms with E-state index in [4.69, 9.17) is 9.72 Å². The average Bonchev–Trinajstić information content (AvgIpc) is 3.48. The van der Waals surface area contributed by atoms with Crippen LogP contribution in [0.25, 0.3) is 11.0 Å². The monoisotopic (exact) mass is 485 g/mol. The second-order valence-electron chi connectivity index (χ2n) is 9.70. The minimum atomic E-state index is -3.07. The SMILES string of the molecule is COC(=O)N1c2ccc3c(nc([C@@H](C)Cn4cc(C)cn4)n3[C@H]3CCS(=O)(=O)C3)c2CC[C@@H]1C. The van der Waals surface area contributed by atoms with E-state index in [1.165, 1.54) is 7.11 Å². The fraction of sp³-hybridized carbons (Fsp3) is 0.542. The molecule has 3 aromatic rings. The van der Waals surface area contributed by atoms with E-state index in [1.54, 1.807) is 4.90 Å². The van der Waals surface area contributed by atoms with Crippen LogP contribution in [0.15, 0.2) is 24.5 Å². The number of fused-ring (bicyclic) bond motifs is 3. The summed E-state index contributed by atoms with van der Waals surface area (Å²) >= 11 is 0. The molecule has 0 saturated carbocycles. The van der Waals surface area contributed by atoms with E-state index < -0.39 is 9.84 Å². The highest BCUT2D eigenvalue weighted by Gasteiger charge is 2.35. The Bertz CT molecular complexity index is 1360. The Morgan fingerprint density at radius 3 is 2.74 bits per heavy atom. The zero-order valence-electron chi connectivity index (χ0n) is 20.1. The van der Waals surface area contributed by atoms with Crippen molar-refractivity contribution in [3.63, 3.8) is 0 Å². The molecule has 1 aromatic carbocycles. The fourth-order valence-electron chi connectivity index (χ4n) is 5.43. The number of benzene rings is 1. The third-order valence-corrected chi connectivity index (χ3v) is 8.84. The van der Waals surface area contributed by atoms with Crippen molar-refractivity contribution in [1.29, 1.82) is 0 Å². The molecule has 1 saturated heterocycles. The van der Waals surface area contributed by atoms with Crippen LogP contribution in [-0.4, -0.2) is 58.5 Å². The number of amides is 1. The van der Waals surface area contributed by atoms with Gasteiger partial charge in [0.05, 0.1) is 54.1 Å². The van der Waals surface area contributed by atoms with Crippen molar-refractivity contribution in [2.24, 2.45) is 0 Å². The van der Waals surface area contributed by atoms with Crippen molar-refractivity contribution in [1.82, 2.24) is 19.3 Å². The van der Waals surface area contributed by atoms with Gasteiger partial charge in [-0.05, 0) is 50.8 Å². The van der Waals surface area contributed by atoms with E-state index in [0.29, 0.717) is 13.0 Å². The van der Waals surface area contributed by atoms with Gasteiger partial charge in [-0.25, -0.2) is 18.2 Å². The molecule has 2 aromatic heterocycles. The van der Waals surface area contributed by atoms with Gasteiger partial charge >= 0.3 is 6.09 Å². The highest BCUT2D eigenvalue weighted by Crippen LogP contribution is 2.40.